The Kier molecular flexibility index (Phi) is 6.04. The Morgan fingerprint density at radius 2 is 2.08 bits per heavy atom. The van der Waals surface area contributed by atoms with Gasteiger partial charge in [0.25, 0.3) is 0 Å². The molecule has 6 nitrogen and oxygen atoms in total. The molecule has 0 bridgehead atoms. The molecule has 0 radical (unpaired) electrons. The maximum atomic E-state index is 11.7. The number of benzene rings is 1. The molecule has 0 unspecified atom stereocenters. The molecule has 2 rings (SSSR count). The number of ether oxygens (including phenoxy) is 1. The number of rotatable bonds is 4. The smallest absolute Gasteiger partial charge is 0.407 e. The van der Waals surface area contributed by atoms with E-state index in [0.29, 0.717) is 18.5 Å². The molecule has 130 valence electrons. The molecular weight excluding hydrogens is 304 g/mol. The zero-order valence-electron chi connectivity index (χ0n) is 14.7. The van der Waals surface area contributed by atoms with Crippen molar-refractivity contribution in [3.05, 3.63) is 29.3 Å². The van der Waals surface area contributed by atoms with E-state index < -0.39 is 11.7 Å². The van der Waals surface area contributed by atoms with Crippen LogP contribution in [0.1, 0.15) is 31.9 Å². The van der Waals surface area contributed by atoms with Crippen LogP contribution in [0.3, 0.4) is 0 Å². The van der Waals surface area contributed by atoms with Crippen molar-refractivity contribution in [2.45, 2.75) is 32.8 Å². The summed E-state index contributed by atoms with van der Waals surface area (Å²) in [6.45, 7) is 9.67. The summed E-state index contributed by atoms with van der Waals surface area (Å²) >= 11 is 0. The highest BCUT2D eigenvalue weighted by Gasteiger charge is 2.16. The molecule has 0 spiro atoms. The fourth-order valence-corrected chi connectivity index (χ4v) is 2.62. The fraction of sp³-hybridized carbons (Fsp3) is 0.556. The third-order valence-corrected chi connectivity index (χ3v) is 3.72. The third-order valence-electron chi connectivity index (χ3n) is 3.72. The maximum absolute atomic E-state index is 11.7. The second-order valence-electron chi connectivity index (χ2n) is 6.88. The van der Waals surface area contributed by atoms with Gasteiger partial charge in [0, 0.05) is 32.7 Å². The zero-order chi connectivity index (χ0) is 17.6. The lowest BCUT2D eigenvalue weighted by molar-refractivity contribution is 0.0528. The molecule has 0 aromatic heterocycles. The number of carbonyl (C=O) groups is 1. The minimum atomic E-state index is -0.492. The Hall–Kier alpha value is -2.26. The van der Waals surface area contributed by atoms with Crippen LogP contribution in [0.2, 0.25) is 0 Å². The SMILES string of the molecule is CC(C)(C)OC(=O)NCCc1ccc(C#N)c(N2CCNCC2)c1. The quantitative estimate of drug-likeness (QED) is 0.883. The number of hydrogen-bond acceptors (Lipinski definition) is 5. The molecule has 1 aliphatic rings. The predicted octanol–water partition coefficient (Wildman–Crippen LogP) is 2.04. The molecule has 1 amide bonds. The minimum absolute atomic E-state index is 0.404. The summed E-state index contributed by atoms with van der Waals surface area (Å²) in [6, 6.07) is 8.13. The lowest BCUT2D eigenvalue weighted by atomic mass is 10.1. The number of amides is 1. The Bertz CT molecular complexity index is 610. The molecule has 1 aliphatic heterocycles. The summed E-state index contributed by atoms with van der Waals surface area (Å²) in [5.41, 5.74) is 2.28. The molecule has 2 N–H and O–H groups in total. The molecule has 24 heavy (non-hydrogen) atoms. The van der Waals surface area contributed by atoms with Crippen molar-refractivity contribution < 1.29 is 9.53 Å². The van der Waals surface area contributed by atoms with Gasteiger partial charge in [0.15, 0.2) is 0 Å². The van der Waals surface area contributed by atoms with Crippen LogP contribution in [0.25, 0.3) is 0 Å². The molecule has 0 saturated carbocycles. The molecule has 1 fully saturated rings. The van der Waals surface area contributed by atoms with Gasteiger partial charge in [-0.25, -0.2) is 4.79 Å². The summed E-state index contributed by atoms with van der Waals surface area (Å²) in [4.78, 5) is 13.9. The van der Waals surface area contributed by atoms with E-state index in [2.05, 4.69) is 27.7 Å². The monoisotopic (exact) mass is 330 g/mol. The van der Waals surface area contributed by atoms with Crippen molar-refractivity contribution in [3.63, 3.8) is 0 Å². The average molecular weight is 330 g/mol. The highest BCUT2D eigenvalue weighted by molar-refractivity contribution is 5.67. The van der Waals surface area contributed by atoms with Crippen molar-refractivity contribution in [1.82, 2.24) is 10.6 Å². The number of alkyl carbamates (subject to hydrolysis) is 1. The van der Waals surface area contributed by atoms with E-state index in [9.17, 15) is 10.1 Å². The summed E-state index contributed by atoms with van der Waals surface area (Å²) in [7, 11) is 0. The third kappa shape index (κ3) is 5.43. The number of nitrogens with one attached hydrogen (secondary N) is 2. The molecule has 1 aromatic carbocycles. The number of piperazine rings is 1. The number of hydrogen-bond donors (Lipinski definition) is 2. The van der Waals surface area contributed by atoms with E-state index in [1.54, 1.807) is 0 Å². The summed E-state index contributed by atoms with van der Waals surface area (Å²) in [5, 5.41) is 15.4. The van der Waals surface area contributed by atoms with E-state index in [0.717, 1.165) is 37.4 Å². The Morgan fingerprint density at radius 3 is 2.71 bits per heavy atom. The van der Waals surface area contributed by atoms with Crippen LogP contribution >= 0.6 is 0 Å². The average Bonchev–Trinajstić information content (AvgIpc) is 2.54. The van der Waals surface area contributed by atoms with E-state index >= 15 is 0 Å². The van der Waals surface area contributed by atoms with Gasteiger partial charge >= 0.3 is 6.09 Å². The number of anilines is 1. The molecule has 1 heterocycles. The van der Waals surface area contributed by atoms with Crippen LogP contribution in [-0.4, -0.2) is 44.4 Å². The fourth-order valence-electron chi connectivity index (χ4n) is 2.62. The second-order valence-corrected chi connectivity index (χ2v) is 6.88. The predicted molar refractivity (Wildman–Crippen MR) is 94.2 cm³/mol. The van der Waals surface area contributed by atoms with Gasteiger partial charge in [-0.05, 0) is 44.9 Å². The highest BCUT2D eigenvalue weighted by Crippen LogP contribution is 2.22. The second kappa shape index (κ2) is 8.02. The molecule has 0 atom stereocenters. The maximum Gasteiger partial charge on any atom is 0.407 e. The molecule has 0 aliphatic carbocycles. The highest BCUT2D eigenvalue weighted by atomic mass is 16.6. The van der Waals surface area contributed by atoms with Crippen molar-refractivity contribution in [1.29, 1.82) is 5.26 Å². The van der Waals surface area contributed by atoms with E-state index in [1.807, 2.05) is 32.9 Å². The molecular formula is C18H26N4O2. The van der Waals surface area contributed by atoms with Crippen LogP contribution < -0.4 is 15.5 Å². The van der Waals surface area contributed by atoms with Crippen molar-refractivity contribution >= 4 is 11.8 Å². The first-order valence-corrected chi connectivity index (χ1v) is 8.34. The summed E-state index contributed by atoms with van der Waals surface area (Å²) < 4.78 is 5.22. The first-order valence-electron chi connectivity index (χ1n) is 8.34. The molecule has 1 aromatic rings. The van der Waals surface area contributed by atoms with Crippen LogP contribution in [0.4, 0.5) is 10.5 Å². The van der Waals surface area contributed by atoms with Gasteiger partial charge in [0.1, 0.15) is 11.7 Å². The van der Waals surface area contributed by atoms with Gasteiger partial charge in [-0.2, -0.15) is 5.26 Å². The first-order chi connectivity index (χ1) is 11.4. The Labute approximate surface area is 143 Å². The molecule has 6 heteroatoms. The largest absolute Gasteiger partial charge is 0.444 e. The van der Waals surface area contributed by atoms with Gasteiger partial charge in [0.2, 0.25) is 0 Å². The van der Waals surface area contributed by atoms with Gasteiger partial charge in [-0.15, -0.1) is 0 Å². The van der Waals surface area contributed by atoms with Crippen molar-refractivity contribution in [3.8, 4) is 6.07 Å². The number of nitrogens with zero attached hydrogens (tertiary/aromatic N) is 2. The summed E-state index contributed by atoms with van der Waals surface area (Å²) in [6.07, 6.45) is 0.294. The van der Waals surface area contributed by atoms with Gasteiger partial charge in [0.05, 0.1) is 11.3 Å². The van der Waals surface area contributed by atoms with Gasteiger partial charge < -0.3 is 20.3 Å². The summed E-state index contributed by atoms with van der Waals surface area (Å²) in [5.74, 6) is 0. The lowest BCUT2D eigenvalue weighted by Gasteiger charge is -2.30. The van der Waals surface area contributed by atoms with Crippen molar-refractivity contribution in [2.75, 3.05) is 37.6 Å². The Balaban J connectivity index is 1.96. The first kappa shape index (κ1) is 18.1. The van der Waals surface area contributed by atoms with Gasteiger partial charge in [-0.1, -0.05) is 6.07 Å². The normalized spacial score (nSPS) is 14.8. The molecule has 1 saturated heterocycles. The topological polar surface area (TPSA) is 77.4 Å². The standard InChI is InChI=1S/C18H26N4O2/c1-18(2,3)24-17(23)21-7-6-14-4-5-15(13-19)16(12-14)22-10-8-20-9-11-22/h4-5,12,20H,6-11H2,1-3H3,(H,21,23). The van der Waals surface area contributed by atoms with Crippen LogP contribution in [0.15, 0.2) is 18.2 Å². The number of nitriles is 1. The van der Waals surface area contributed by atoms with E-state index in [-0.39, 0.29) is 0 Å². The van der Waals surface area contributed by atoms with Crippen molar-refractivity contribution in [2.24, 2.45) is 0 Å². The van der Waals surface area contributed by atoms with E-state index in [1.165, 1.54) is 0 Å². The lowest BCUT2D eigenvalue weighted by Crippen LogP contribution is -2.43. The van der Waals surface area contributed by atoms with Crippen LogP contribution in [-0.2, 0) is 11.2 Å². The van der Waals surface area contributed by atoms with Crippen LogP contribution in [0, 0.1) is 11.3 Å². The zero-order valence-corrected chi connectivity index (χ0v) is 14.7. The van der Waals surface area contributed by atoms with Crippen LogP contribution in [0.5, 0.6) is 0 Å². The minimum Gasteiger partial charge on any atom is -0.444 e. The van der Waals surface area contributed by atoms with E-state index in [4.69, 9.17) is 4.74 Å². The van der Waals surface area contributed by atoms with Gasteiger partial charge in [-0.3, -0.25) is 0 Å². The Morgan fingerprint density at radius 1 is 1.38 bits per heavy atom. The number of carbonyl (C=O) groups excluding carboxylic acids is 1.